The molecule has 0 atom stereocenters. The Morgan fingerprint density at radius 3 is 1.79 bits per heavy atom. The van der Waals surface area contributed by atoms with Gasteiger partial charge in [0.25, 0.3) is 6.47 Å². The molecule has 2 heterocycles. The second-order valence-corrected chi connectivity index (χ2v) is 7.04. The van der Waals surface area contributed by atoms with Crippen molar-refractivity contribution in [3.8, 4) is 0 Å². The Kier molecular flexibility index (Phi) is 53.3. The SMILES string of the molecule is C1COCCN1.ClCCCCBr.ClCCCCN1CCOCC1.O=CO[O-].[H-].[K+].[K+]. The third-order valence-electron chi connectivity index (χ3n) is 3.36. The van der Waals surface area contributed by atoms with Crippen LogP contribution in [0.4, 0.5) is 0 Å². The summed E-state index contributed by atoms with van der Waals surface area (Å²) in [5.74, 6) is 1.59. The Bertz CT molecular complexity index is 277. The Labute approximate surface area is 281 Å². The zero-order chi connectivity index (χ0) is 20.4. The van der Waals surface area contributed by atoms with Crippen LogP contribution in [0.3, 0.4) is 0 Å². The van der Waals surface area contributed by atoms with Crippen molar-refractivity contribution in [1.29, 1.82) is 0 Å². The fourth-order valence-corrected chi connectivity index (χ4v) is 2.73. The largest absolute Gasteiger partial charge is 1.00 e. The van der Waals surface area contributed by atoms with Gasteiger partial charge in [-0.3, -0.25) is 9.69 Å². The first-order valence-electron chi connectivity index (χ1n) is 9.25. The molecule has 166 valence electrons. The van der Waals surface area contributed by atoms with Crippen LogP contribution < -0.4 is 113 Å². The van der Waals surface area contributed by atoms with E-state index in [1.165, 1.54) is 19.4 Å². The van der Waals surface area contributed by atoms with Gasteiger partial charge in [-0.2, -0.15) is 0 Å². The van der Waals surface area contributed by atoms with E-state index in [1.54, 1.807) is 0 Å². The van der Waals surface area contributed by atoms with Crippen LogP contribution in [0.5, 0.6) is 0 Å². The van der Waals surface area contributed by atoms with Gasteiger partial charge in [0.2, 0.25) is 0 Å². The number of alkyl halides is 3. The van der Waals surface area contributed by atoms with Crippen molar-refractivity contribution in [3.63, 3.8) is 0 Å². The van der Waals surface area contributed by atoms with Crippen molar-refractivity contribution in [2.45, 2.75) is 25.7 Å². The standard InChI is InChI=1S/C8H16ClNO.C4H8BrCl.C4H9NO.CH2O3.2K.H/c9-3-1-2-4-10-5-7-11-8-6-10;5-3-1-2-4-6;1-3-6-4-2-5-1;2-1-4-3;;;/h1-8H2;1-4H2;5H,1-4H2;1,3H;;;/q;;;;2*+1;-1/p-1. The van der Waals surface area contributed by atoms with E-state index in [9.17, 15) is 0 Å². The maximum atomic E-state index is 8.64. The molecule has 0 aliphatic carbocycles. The number of hydrogen-bond acceptors (Lipinski definition) is 7. The summed E-state index contributed by atoms with van der Waals surface area (Å²) >= 11 is 14.2. The smallest absolute Gasteiger partial charge is 1.00 e. The Morgan fingerprint density at radius 1 is 1.00 bits per heavy atom. The van der Waals surface area contributed by atoms with Crippen molar-refractivity contribution < 1.29 is 129 Å². The van der Waals surface area contributed by atoms with Gasteiger partial charge in [-0.15, -0.1) is 23.2 Å². The molecular formula is C17H35BrCl2K2N2O5. The number of carbonyl (C=O) groups is 1. The van der Waals surface area contributed by atoms with Gasteiger partial charge in [0.05, 0.1) is 26.4 Å². The average molecular weight is 576 g/mol. The monoisotopic (exact) mass is 574 g/mol. The van der Waals surface area contributed by atoms with Crippen LogP contribution in [0.2, 0.25) is 0 Å². The van der Waals surface area contributed by atoms with E-state index < -0.39 is 0 Å². The van der Waals surface area contributed by atoms with Crippen molar-refractivity contribution in [2.75, 3.05) is 76.2 Å². The van der Waals surface area contributed by atoms with E-state index in [-0.39, 0.29) is 111 Å². The zero-order valence-electron chi connectivity index (χ0n) is 19.0. The van der Waals surface area contributed by atoms with E-state index in [4.69, 9.17) is 42.7 Å². The summed E-state index contributed by atoms with van der Waals surface area (Å²) in [6.07, 6.45) is 4.69. The maximum absolute atomic E-state index is 8.64. The molecule has 1 N–H and O–H groups in total. The zero-order valence-corrected chi connectivity index (χ0v) is 27.4. The van der Waals surface area contributed by atoms with Crippen LogP contribution in [0.15, 0.2) is 0 Å². The van der Waals surface area contributed by atoms with Gasteiger partial charge in [0.1, 0.15) is 0 Å². The molecule has 2 fully saturated rings. The van der Waals surface area contributed by atoms with Crippen molar-refractivity contribution >= 4 is 45.6 Å². The molecule has 0 amide bonds. The van der Waals surface area contributed by atoms with Crippen molar-refractivity contribution in [2.24, 2.45) is 0 Å². The number of halogens is 3. The van der Waals surface area contributed by atoms with Gasteiger partial charge in [-0.25, -0.2) is 0 Å². The number of hydrogen-bond donors (Lipinski definition) is 1. The molecule has 2 rings (SSSR count). The van der Waals surface area contributed by atoms with Crippen molar-refractivity contribution in [3.05, 3.63) is 0 Å². The van der Waals surface area contributed by atoms with Crippen LogP contribution in [0.25, 0.3) is 0 Å². The Morgan fingerprint density at radius 2 is 1.48 bits per heavy atom. The van der Waals surface area contributed by atoms with E-state index in [2.05, 4.69) is 31.0 Å². The molecule has 2 aliphatic rings. The molecule has 0 unspecified atom stereocenters. The van der Waals surface area contributed by atoms with E-state index in [0.717, 1.165) is 82.5 Å². The maximum Gasteiger partial charge on any atom is 1.00 e. The molecule has 12 heteroatoms. The molecule has 0 spiro atoms. The summed E-state index contributed by atoms with van der Waals surface area (Å²) < 4.78 is 10.2. The second kappa shape index (κ2) is 38.8. The van der Waals surface area contributed by atoms with E-state index in [0.29, 0.717) is 0 Å². The van der Waals surface area contributed by atoms with Crippen LogP contribution >= 0.6 is 39.1 Å². The molecule has 0 radical (unpaired) electrons. The fraction of sp³-hybridized carbons (Fsp3) is 0.941. The molecular weight excluding hydrogens is 541 g/mol. The minimum Gasteiger partial charge on any atom is -1.00 e. The first-order valence-corrected chi connectivity index (χ1v) is 11.4. The van der Waals surface area contributed by atoms with Crippen LogP contribution in [-0.2, 0) is 19.2 Å². The number of carbonyl (C=O) groups excluding carboxylic acids is 1. The number of nitrogens with zero attached hydrogens (tertiary/aromatic N) is 1. The van der Waals surface area contributed by atoms with Gasteiger partial charge in [0, 0.05) is 43.3 Å². The summed E-state index contributed by atoms with van der Waals surface area (Å²) in [5, 5.41) is 12.7. The number of nitrogens with one attached hydrogen (secondary N) is 1. The first-order chi connectivity index (χ1) is 13.3. The quantitative estimate of drug-likeness (QED) is 0.0786. The second-order valence-electron chi connectivity index (χ2n) is 5.49. The Hall–Kier alpha value is 3.60. The topological polar surface area (TPSA) is 83.1 Å². The number of unbranched alkanes of at least 4 members (excludes halogenated alkanes) is 2. The average Bonchev–Trinajstić information content (AvgIpc) is 2.75. The molecule has 2 saturated heterocycles. The summed E-state index contributed by atoms with van der Waals surface area (Å²) in [6, 6.07) is 0. The van der Waals surface area contributed by atoms with Gasteiger partial charge in [0.15, 0.2) is 0 Å². The molecule has 7 nitrogen and oxygen atoms in total. The van der Waals surface area contributed by atoms with Gasteiger partial charge in [-0.1, -0.05) is 15.9 Å². The fourth-order valence-electron chi connectivity index (χ4n) is 1.96. The molecule has 0 saturated carbocycles. The molecule has 0 aromatic carbocycles. The third kappa shape index (κ3) is 39.1. The minimum absolute atomic E-state index is 0. The summed E-state index contributed by atoms with van der Waals surface area (Å²) in [4.78, 5) is 13.7. The normalized spacial score (nSPS) is 15.3. The summed E-state index contributed by atoms with van der Waals surface area (Å²) in [7, 11) is 0. The van der Waals surface area contributed by atoms with Gasteiger partial charge in [-0.05, 0) is 32.2 Å². The van der Waals surface area contributed by atoms with Gasteiger partial charge < -0.3 is 26.4 Å². The van der Waals surface area contributed by atoms with Crippen LogP contribution in [0.1, 0.15) is 27.1 Å². The molecule has 2 aliphatic heterocycles. The molecule has 0 aromatic rings. The predicted molar refractivity (Wildman–Crippen MR) is 113 cm³/mol. The number of ether oxygens (including phenoxy) is 2. The molecule has 0 aromatic heterocycles. The minimum atomic E-state index is -0.181. The summed E-state index contributed by atoms with van der Waals surface area (Å²) in [5.41, 5.74) is 0. The van der Waals surface area contributed by atoms with E-state index in [1.807, 2.05) is 0 Å². The predicted octanol–water partition coefficient (Wildman–Crippen LogP) is -4.10. The molecule has 29 heavy (non-hydrogen) atoms. The first kappa shape index (κ1) is 39.8. The van der Waals surface area contributed by atoms with E-state index >= 15 is 0 Å². The Balaban J connectivity index is -0.0000000961. The molecule has 0 bridgehead atoms. The number of morpholine rings is 2. The van der Waals surface area contributed by atoms with Crippen LogP contribution in [0, 0.1) is 0 Å². The summed E-state index contributed by atoms with van der Waals surface area (Å²) in [6.45, 7) is 8.85. The number of rotatable bonds is 8. The van der Waals surface area contributed by atoms with Gasteiger partial charge >= 0.3 is 103 Å². The van der Waals surface area contributed by atoms with Crippen LogP contribution in [-0.4, -0.2) is 87.6 Å². The third-order valence-corrected chi connectivity index (χ3v) is 4.46. The van der Waals surface area contributed by atoms with Crippen molar-refractivity contribution in [1.82, 2.24) is 10.2 Å².